The van der Waals surface area contributed by atoms with E-state index in [2.05, 4.69) is 0 Å². The fourth-order valence-electron chi connectivity index (χ4n) is 1.05. The average molecular weight is 323 g/mol. The highest BCUT2D eigenvalue weighted by Crippen LogP contribution is 2.22. The minimum atomic E-state index is -1.51. The quantitative estimate of drug-likeness (QED) is 0.517. The van der Waals surface area contributed by atoms with Crippen molar-refractivity contribution in [2.75, 3.05) is 0 Å². The lowest BCUT2D eigenvalue weighted by Crippen LogP contribution is -2.03. The highest BCUT2D eigenvalue weighted by atomic mass is 127. The van der Waals surface area contributed by atoms with Gasteiger partial charge in [0.15, 0.2) is 21.2 Å². The molecule has 0 unspecified atom stereocenters. The van der Waals surface area contributed by atoms with Gasteiger partial charge in [0.05, 0.1) is 14.9 Å². The molecule has 1 aromatic carbocycles. The van der Waals surface area contributed by atoms with E-state index in [1.807, 2.05) is 0 Å². The van der Waals surface area contributed by atoms with Crippen LogP contribution >= 0.6 is 21.2 Å². The van der Waals surface area contributed by atoms with Crippen molar-refractivity contribution in [3.8, 4) is 0 Å². The maximum Gasteiger partial charge on any atom is 0.307 e. The molecule has 1 aromatic rings. The van der Waals surface area contributed by atoms with Gasteiger partial charge in [-0.15, -0.1) is 0 Å². The number of carbonyl (C=O) groups is 1. The first-order valence-electron chi connectivity index (χ1n) is 3.80. The van der Waals surface area contributed by atoms with Gasteiger partial charge < -0.3 is 5.11 Å². The molecule has 6 nitrogen and oxygen atoms in total. The van der Waals surface area contributed by atoms with Crippen molar-refractivity contribution in [1.82, 2.24) is 0 Å². The fourth-order valence-corrected chi connectivity index (χ4v) is 2.00. The number of nitro benzene ring substituents is 1. The van der Waals surface area contributed by atoms with E-state index in [4.69, 9.17) is 5.11 Å². The smallest absolute Gasteiger partial charge is 0.307 e. The number of carboxylic acids is 1. The maximum absolute atomic E-state index is 10.8. The third-order valence-electron chi connectivity index (χ3n) is 1.66. The van der Waals surface area contributed by atoms with Crippen molar-refractivity contribution >= 4 is 32.8 Å². The molecule has 7 heteroatoms. The molecule has 0 aliphatic rings. The Hall–Kier alpha value is -1.38. The molecule has 0 atom stereocenters. The number of nitrogens with zero attached hydrogens (tertiary/aromatic N) is 1. The Morgan fingerprint density at radius 3 is 2.67 bits per heavy atom. The topological polar surface area (TPSA) is 97.5 Å². The molecule has 0 bridgehead atoms. The summed E-state index contributed by atoms with van der Waals surface area (Å²) in [6, 6.07) is 3.72. The molecular weight excluding hydrogens is 317 g/mol. The summed E-state index contributed by atoms with van der Waals surface area (Å²) in [6.45, 7) is 0. The molecule has 0 aliphatic carbocycles. The van der Waals surface area contributed by atoms with Crippen LogP contribution in [0, 0.1) is 13.7 Å². The first kappa shape index (κ1) is 11.7. The number of aliphatic carboxylic acids is 1. The summed E-state index contributed by atoms with van der Waals surface area (Å²) in [5.41, 5.74) is 0.0620. The van der Waals surface area contributed by atoms with Crippen molar-refractivity contribution in [2.24, 2.45) is 0 Å². The van der Waals surface area contributed by atoms with E-state index in [1.54, 1.807) is 0 Å². The molecule has 0 saturated heterocycles. The average Bonchev–Trinajstić information content (AvgIpc) is 2.16. The Bertz CT molecular complexity index is 431. The number of carboxylic acid groups (broad SMARTS) is 1. The Labute approximate surface area is 94.7 Å². The number of rotatable bonds is 4. The highest BCUT2D eigenvalue weighted by molar-refractivity contribution is 14.1. The summed E-state index contributed by atoms with van der Waals surface area (Å²) in [6.07, 6.45) is -0.348. The first-order valence-corrected chi connectivity index (χ1v) is 5.76. The van der Waals surface area contributed by atoms with Crippen molar-refractivity contribution in [1.29, 1.82) is 0 Å². The lowest BCUT2D eigenvalue weighted by atomic mass is 10.1. The van der Waals surface area contributed by atoms with Gasteiger partial charge >= 0.3 is 5.97 Å². The Balaban J connectivity index is 3.18. The summed E-state index contributed by atoms with van der Waals surface area (Å²) in [4.78, 5) is 20.3. The number of hydrogen-bond acceptors (Lipinski definition) is 4. The standard InChI is InChI=1S/C8H6INO5/c11-8(12)4-5-3-6(10(14)15)1-2-7(5)9-13/h1-3H,4H2,(H,11,12). The van der Waals surface area contributed by atoms with Crippen molar-refractivity contribution in [3.63, 3.8) is 0 Å². The van der Waals surface area contributed by atoms with Crippen LogP contribution in [0.15, 0.2) is 18.2 Å². The zero-order valence-corrected chi connectivity index (χ0v) is 9.50. The van der Waals surface area contributed by atoms with Crippen molar-refractivity contribution < 1.29 is 17.9 Å². The first-order chi connectivity index (χ1) is 7.04. The number of nitro groups is 1. The number of halogens is 1. The van der Waals surface area contributed by atoms with Crippen LogP contribution in [-0.4, -0.2) is 16.0 Å². The van der Waals surface area contributed by atoms with Gasteiger partial charge in [-0.05, 0) is 11.6 Å². The zero-order chi connectivity index (χ0) is 11.4. The van der Waals surface area contributed by atoms with E-state index >= 15 is 0 Å². The minimum Gasteiger partial charge on any atom is -0.481 e. The Kier molecular flexibility index (Phi) is 3.83. The van der Waals surface area contributed by atoms with E-state index < -0.39 is 32.1 Å². The Morgan fingerprint density at radius 2 is 2.20 bits per heavy atom. The minimum absolute atomic E-state index is 0.188. The number of benzene rings is 1. The van der Waals surface area contributed by atoms with Crippen LogP contribution in [0.1, 0.15) is 5.56 Å². The Morgan fingerprint density at radius 1 is 1.53 bits per heavy atom. The summed E-state index contributed by atoms with van der Waals surface area (Å²) in [7, 11) is 0. The van der Waals surface area contributed by atoms with Gasteiger partial charge in [-0.2, -0.15) is 0 Å². The molecule has 1 rings (SSSR count). The highest BCUT2D eigenvalue weighted by Gasteiger charge is 2.13. The summed E-state index contributed by atoms with van der Waals surface area (Å²) in [5, 5.41) is 19.0. The van der Waals surface area contributed by atoms with E-state index in [-0.39, 0.29) is 17.7 Å². The molecule has 1 N–H and O–H groups in total. The number of non-ortho nitro benzene ring substituents is 1. The molecule has 0 aliphatic heterocycles. The SMILES string of the molecule is O=Ic1ccc([N+](=O)[O-])cc1CC(=O)O. The molecule has 0 fully saturated rings. The van der Waals surface area contributed by atoms with Crippen LogP contribution in [0.5, 0.6) is 0 Å². The molecule has 0 spiro atoms. The van der Waals surface area contributed by atoms with Crippen LogP contribution in [-0.2, 0) is 14.3 Å². The van der Waals surface area contributed by atoms with Crippen LogP contribution in [0.4, 0.5) is 5.69 Å². The summed E-state index contributed by atoms with van der Waals surface area (Å²) < 4.78 is 11.2. The molecule has 80 valence electrons. The van der Waals surface area contributed by atoms with Crippen LogP contribution < -0.4 is 0 Å². The molecule has 0 saturated carbocycles. The molecule has 0 radical (unpaired) electrons. The second-order valence-electron chi connectivity index (χ2n) is 2.68. The van der Waals surface area contributed by atoms with Gasteiger partial charge in [-0.3, -0.25) is 18.0 Å². The van der Waals surface area contributed by atoms with Crippen molar-refractivity contribution in [3.05, 3.63) is 37.4 Å². The van der Waals surface area contributed by atoms with E-state index in [0.717, 1.165) is 6.07 Å². The lowest BCUT2D eigenvalue weighted by Gasteiger charge is -2.00. The van der Waals surface area contributed by atoms with Gasteiger partial charge in [0, 0.05) is 12.1 Å². The maximum atomic E-state index is 10.8. The second-order valence-corrected chi connectivity index (χ2v) is 4.28. The molecular formula is C8H6INO5. The third-order valence-corrected chi connectivity index (χ3v) is 3.19. The van der Waals surface area contributed by atoms with Gasteiger partial charge in [-0.1, -0.05) is 0 Å². The predicted octanol–water partition coefficient (Wildman–Crippen LogP) is 1.71. The molecule has 0 heterocycles. The molecule has 0 amide bonds. The second kappa shape index (κ2) is 4.91. The van der Waals surface area contributed by atoms with Crippen molar-refractivity contribution in [2.45, 2.75) is 6.42 Å². The third kappa shape index (κ3) is 3.05. The predicted molar refractivity (Wildman–Crippen MR) is 57.8 cm³/mol. The van der Waals surface area contributed by atoms with Crippen LogP contribution in [0.2, 0.25) is 0 Å². The normalized spacial score (nSPS) is 9.87. The van der Waals surface area contributed by atoms with E-state index in [9.17, 15) is 18.0 Å². The monoisotopic (exact) mass is 323 g/mol. The summed E-state index contributed by atoms with van der Waals surface area (Å²) >= 11 is -1.51. The molecule has 15 heavy (non-hydrogen) atoms. The van der Waals surface area contributed by atoms with Crippen LogP contribution in [0.25, 0.3) is 0 Å². The number of hydrogen-bond donors (Lipinski definition) is 1. The van der Waals surface area contributed by atoms with E-state index in [1.165, 1.54) is 12.1 Å². The van der Waals surface area contributed by atoms with Gasteiger partial charge in [0.1, 0.15) is 0 Å². The zero-order valence-electron chi connectivity index (χ0n) is 7.34. The van der Waals surface area contributed by atoms with Crippen LogP contribution in [0.3, 0.4) is 0 Å². The fraction of sp³-hybridized carbons (Fsp3) is 0.125. The largest absolute Gasteiger partial charge is 0.481 e. The summed E-state index contributed by atoms with van der Waals surface area (Å²) in [5.74, 6) is -1.10. The lowest BCUT2D eigenvalue weighted by molar-refractivity contribution is -0.384. The van der Waals surface area contributed by atoms with Gasteiger partial charge in [0.2, 0.25) is 0 Å². The van der Waals surface area contributed by atoms with Gasteiger partial charge in [0.25, 0.3) is 5.69 Å². The van der Waals surface area contributed by atoms with E-state index in [0.29, 0.717) is 3.57 Å². The molecule has 0 aromatic heterocycles. The van der Waals surface area contributed by atoms with Gasteiger partial charge in [-0.25, -0.2) is 0 Å².